The maximum absolute atomic E-state index is 10.4. The first kappa shape index (κ1) is 12.0. The van der Waals surface area contributed by atoms with E-state index >= 15 is 0 Å². The Morgan fingerprint density at radius 2 is 2.33 bits per heavy atom. The number of methoxy groups -OCH3 is 1. The minimum absolute atomic E-state index is 0.192. The molecule has 0 aromatic heterocycles. The second kappa shape index (κ2) is 7.60. The second-order valence-electron chi connectivity index (χ2n) is 2.35. The summed E-state index contributed by atoms with van der Waals surface area (Å²) in [6.45, 7) is 0.416. The van der Waals surface area contributed by atoms with Crippen LogP contribution in [0.25, 0.3) is 0 Å². The van der Waals surface area contributed by atoms with Crippen molar-refractivity contribution in [2.24, 2.45) is 5.73 Å². The highest BCUT2D eigenvalue weighted by atomic mass is 127. The molecule has 1 unspecified atom stereocenters. The number of hydrogen-bond acceptors (Lipinski definition) is 3. The van der Waals surface area contributed by atoms with Crippen LogP contribution >= 0.6 is 22.6 Å². The molecule has 0 saturated heterocycles. The zero-order valence-electron chi connectivity index (χ0n) is 7.09. The van der Waals surface area contributed by atoms with Crippen molar-refractivity contribution >= 4 is 28.7 Å². The van der Waals surface area contributed by atoms with Crippen molar-refractivity contribution in [2.45, 2.75) is 18.9 Å². The van der Waals surface area contributed by atoms with Crippen LogP contribution in [0.2, 0.25) is 0 Å². The van der Waals surface area contributed by atoms with Crippen LogP contribution < -0.4 is 5.73 Å². The summed E-state index contributed by atoms with van der Waals surface area (Å²) in [6, 6.07) is 0. The van der Waals surface area contributed by atoms with Gasteiger partial charge in [0.1, 0.15) is 6.10 Å². The molecule has 12 heavy (non-hydrogen) atoms. The van der Waals surface area contributed by atoms with Crippen LogP contribution in [0, 0.1) is 0 Å². The molecule has 72 valence electrons. The lowest BCUT2D eigenvalue weighted by molar-refractivity contribution is 0.0394. The summed E-state index contributed by atoms with van der Waals surface area (Å²) in [5, 5.41) is 0. The lowest BCUT2D eigenvalue weighted by Crippen LogP contribution is -2.26. The van der Waals surface area contributed by atoms with E-state index in [0.29, 0.717) is 6.61 Å². The fraction of sp³-hybridized carbons (Fsp3) is 0.857. The number of nitrogens with two attached hydrogens (primary N) is 1. The van der Waals surface area contributed by atoms with Crippen molar-refractivity contribution in [3.63, 3.8) is 0 Å². The number of amides is 1. The molecule has 0 aliphatic rings. The first-order valence-corrected chi connectivity index (χ1v) is 5.24. The van der Waals surface area contributed by atoms with E-state index < -0.39 is 6.09 Å². The normalized spacial score (nSPS) is 12.5. The van der Waals surface area contributed by atoms with E-state index in [4.69, 9.17) is 15.2 Å². The Morgan fingerprint density at radius 3 is 2.75 bits per heavy atom. The SMILES string of the molecule is COCC(CCCI)OC(N)=O. The standard InChI is InChI=1S/C7H14INO3/c1-11-5-6(3-2-4-8)12-7(9)10/h6H,2-5H2,1H3,(H2,9,10). The van der Waals surface area contributed by atoms with E-state index in [9.17, 15) is 4.79 Å². The molecule has 1 atom stereocenters. The second-order valence-corrected chi connectivity index (χ2v) is 3.42. The maximum atomic E-state index is 10.4. The van der Waals surface area contributed by atoms with E-state index in [0.717, 1.165) is 17.3 Å². The van der Waals surface area contributed by atoms with E-state index in [-0.39, 0.29) is 6.10 Å². The first-order valence-electron chi connectivity index (χ1n) is 3.71. The Kier molecular flexibility index (Phi) is 7.58. The summed E-state index contributed by atoms with van der Waals surface area (Å²) in [7, 11) is 1.57. The quantitative estimate of drug-likeness (QED) is 0.592. The predicted molar refractivity (Wildman–Crippen MR) is 54.5 cm³/mol. The van der Waals surface area contributed by atoms with Crippen LogP contribution in [-0.4, -0.2) is 30.3 Å². The summed E-state index contributed by atoms with van der Waals surface area (Å²) >= 11 is 2.27. The van der Waals surface area contributed by atoms with Crippen LogP contribution in [0.3, 0.4) is 0 Å². The zero-order valence-corrected chi connectivity index (χ0v) is 9.24. The summed E-state index contributed by atoms with van der Waals surface area (Å²) in [5.41, 5.74) is 4.88. The number of carbonyl (C=O) groups is 1. The van der Waals surface area contributed by atoms with E-state index in [1.165, 1.54) is 0 Å². The first-order chi connectivity index (χ1) is 5.70. The topological polar surface area (TPSA) is 61.6 Å². The van der Waals surface area contributed by atoms with Gasteiger partial charge in [0.2, 0.25) is 0 Å². The summed E-state index contributed by atoms with van der Waals surface area (Å²) in [4.78, 5) is 10.4. The molecule has 0 aliphatic heterocycles. The van der Waals surface area contributed by atoms with Crippen LogP contribution in [-0.2, 0) is 9.47 Å². The van der Waals surface area contributed by atoms with Crippen molar-refractivity contribution in [1.82, 2.24) is 0 Å². The van der Waals surface area contributed by atoms with Gasteiger partial charge >= 0.3 is 6.09 Å². The molecule has 1 amide bonds. The van der Waals surface area contributed by atoms with Crippen molar-refractivity contribution in [1.29, 1.82) is 0 Å². The van der Waals surface area contributed by atoms with Gasteiger partial charge < -0.3 is 15.2 Å². The fourth-order valence-electron chi connectivity index (χ4n) is 0.831. The highest BCUT2D eigenvalue weighted by Gasteiger charge is 2.10. The van der Waals surface area contributed by atoms with Crippen molar-refractivity contribution in [2.75, 3.05) is 18.1 Å². The largest absolute Gasteiger partial charge is 0.444 e. The Bertz CT molecular complexity index is 132. The number of carbonyl (C=O) groups excluding carboxylic acids is 1. The third-order valence-electron chi connectivity index (χ3n) is 1.30. The molecule has 4 nitrogen and oxygen atoms in total. The smallest absolute Gasteiger partial charge is 0.404 e. The van der Waals surface area contributed by atoms with Gasteiger partial charge in [0.05, 0.1) is 6.61 Å². The predicted octanol–water partition coefficient (Wildman–Crippen LogP) is 1.31. The van der Waals surface area contributed by atoms with Crippen LogP contribution in [0.15, 0.2) is 0 Å². The molecular formula is C7H14INO3. The monoisotopic (exact) mass is 287 g/mol. The third kappa shape index (κ3) is 6.66. The molecule has 0 aromatic carbocycles. The summed E-state index contributed by atoms with van der Waals surface area (Å²) < 4.78 is 10.7. The lowest BCUT2D eigenvalue weighted by atomic mass is 10.2. The maximum Gasteiger partial charge on any atom is 0.404 e. The van der Waals surface area contributed by atoms with Gasteiger partial charge in [-0.15, -0.1) is 0 Å². The molecule has 0 bridgehead atoms. The van der Waals surface area contributed by atoms with E-state index in [2.05, 4.69) is 22.6 Å². The van der Waals surface area contributed by atoms with Crippen molar-refractivity contribution in [3.05, 3.63) is 0 Å². The van der Waals surface area contributed by atoms with Gasteiger partial charge in [-0.25, -0.2) is 4.79 Å². The Morgan fingerprint density at radius 1 is 1.67 bits per heavy atom. The highest BCUT2D eigenvalue weighted by Crippen LogP contribution is 2.04. The fourth-order valence-corrected chi connectivity index (χ4v) is 1.27. The minimum Gasteiger partial charge on any atom is -0.444 e. The van der Waals surface area contributed by atoms with Gasteiger partial charge in [-0.2, -0.15) is 0 Å². The third-order valence-corrected chi connectivity index (χ3v) is 2.06. The molecular weight excluding hydrogens is 273 g/mol. The number of ether oxygens (including phenoxy) is 2. The van der Waals surface area contributed by atoms with Crippen molar-refractivity contribution in [3.8, 4) is 0 Å². The van der Waals surface area contributed by atoms with Gasteiger partial charge in [0.25, 0.3) is 0 Å². The van der Waals surface area contributed by atoms with Crippen molar-refractivity contribution < 1.29 is 14.3 Å². The van der Waals surface area contributed by atoms with Gasteiger partial charge in [-0.1, -0.05) is 22.6 Å². The molecule has 0 rings (SSSR count). The van der Waals surface area contributed by atoms with E-state index in [1.807, 2.05) is 0 Å². The van der Waals surface area contributed by atoms with Crippen LogP contribution in [0.1, 0.15) is 12.8 Å². The molecule has 0 radical (unpaired) electrons. The Labute approximate surface area is 85.9 Å². The van der Waals surface area contributed by atoms with Crippen LogP contribution in [0.5, 0.6) is 0 Å². The van der Waals surface area contributed by atoms with Gasteiger partial charge in [0.15, 0.2) is 0 Å². The lowest BCUT2D eigenvalue weighted by Gasteiger charge is -2.14. The molecule has 0 aromatic rings. The average molecular weight is 287 g/mol. The molecule has 5 heteroatoms. The number of halogens is 1. The molecule has 0 saturated carbocycles. The molecule has 0 aliphatic carbocycles. The Balaban J connectivity index is 3.61. The number of alkyl halides is 1. The van der Waals surface area contributed by atoms with Gasteiger partial charge in [-0.3, -0.25) is 0 Å². The molecule has 2 N–H and O–H groups in total. The number of primary amides is 1. The molecule has 0 fully saturated rings. The minimum atomic E-state index is -0.731. The average Bonchev–Trinajstić information content (AvgIpc) is 2.00. The number of hydrogen-bond donors (Lipinski definition) is 1. The number of rotatable bonds is 6. The van der Waals surface area contributed by atoms with E-state index in [1.54, 1.807) is 7.11 Å². The van der Waals surface area contributed by atoms with Crippen LogP contribution in [0.4, 0.5) is 4.79 Å². The van der Waals surface area contributed by atoms with Gasteiger partial charge in [0, 0.05) is 7.11 Å². The Hall–Kier alpha value is -0.0400. The summed E-state index contributed by atoms with van der Waals surface area (Å²) in [6.07, 6.45) is 0.884. The highest BCUT2D eigenvalue weighted by molar-refractivity contribution is 14.1. The zero-order chi connectivity index (χ0) is 9.40. The van der Waals surface area contributed by atoms with Gasteiger partial charge in [-0.05, 0) is 17.3 Å². The molecule has 0 spiro atoms. The molecule has 0 heterocycles. The summed E-state index contributed by atoms with van der Waals surface area (Å²) in [5.74, 6) is 0.